The molecule has 0 saturated heterocycles. The molecule has 0 fully saturated rings. The molecule has 0 aliphatic rings. The lowest BCUT2D eigenvalue weighted by molar-refractivity contribution is -0.385. The molecule has 172 valence electrons. The third-order valence-corrected chi connectivity index (χ3v) is 6.70. The van der Waals surface area contributed by atoms with Crippen molar-refractivity contribution in [3.63, 3.8) is 0 Å². The van der Waals surface area contributed by atoms with E-state index in [9.17, 15) is 28.6 Å². The average Bonchev–Trinajstić information content (AvgIpc) is 2.80. The normalized spacial score (nSPS) is 11.4. The van der Waals surface area contributed by atoms with Gasteiger partial charge in [0.1, 0.15) is 22.3 Å². The summed E-state index contributed by atoms with van der Waals surface area (Å²) in [4.78, 5) is 22.4. The third-order valence-electron chi connectivity index (χ3n) is 4.26. The van der Waals surface area contributed by atoms with Crippen LogP contribution in [0.25, 0.3) is 6.08 Å². The topological polar surface area (TPSA) is 139 Å². The number of nitro groups is 1. The Balaban J connectivity index is 1.95. The fourth-order valence-electron chi connectivity index (χ4n) is 2.66. The number of nitro benzene ring substituents is 1. The van der Waals surface area contributed by atoms with Crippen LogP contribution in [0.15, 0.2) is 81.7 Å². The molecule has 1 amide bonds. The Kier molecular flexibility index (Phi) is 8.02. The zero-order valence-corrected chi connectivity index (χ0v) is 21.5. The van der Waals surface area contributed by atoms with Crippen molar-refractivity contribution in [3.05, 3.63) is 96.0 Å². The lowest BCUT2D eigenvalue weighted by Crippen LogP contribution is -2.14. The Morgan fingerprint density at radius 3 is 2.50 bits per heavy atom. The van der Waals surface area contributed by atoms with Gasteiger partial charge in [0.15, 0.2) is 0 Å². The van der Waals surface area contributed by atoms with Gasteiger partial charge in [-0.25, -0.2) is 0 Å². The molecule has 0 spiro atoms. The molecule has 3 aromatic rings. The molecular formula is C22H13BrIN3O6S. The van der Waals surface area contributed by atoms with E-state index in [4.69, 9.17) is 4.18 Å². The Morgan fingerprint density at radius 2 is 1.85 bits per heavy atom. The Labute approximate surface area is 216 Å². The lowest BCUT2D eigenvalue weighted by Gasteiger charge is -2.11. The first kappa shape index (κ1) is 25.3. The highest BCUT2D eigenvalue weighted by Crippen LogP contribution is 2.29. The number of hydrogen-bond acceptors (Lipinski definition) is 7. The van der Waals surface area contributed by atoms with Gasteiger partial charge in [-0.1, -0.05) is 22.0 Å². The quantitative estimate of drug-likeness (QED) is 0.0914. The highest BCUT2D eigenvalue weighted by molar-refractivity contribution is 14.1. The average molecular weight is 654 g/mol. The van der Waals surface area contributed by atoms with Crippen LogP contribution in [-0.4, -0.2) is 19.2 Å². The number of nitrogens with one attached hydrogen (secondary N) is 1. The van der Waals surface area contributed by atoms with Crippen LogP contribution in [0.3, 0.4) is 0 Å². The number of anilines is 1. The maximum atomic E-state index is 12.7. The number of hydrogen-bond donors (Lipinski definition) is 1. The maximum Gasteiger partial charge on any atom is 0.339 e. The summed E-state index contributed by atoms with van der Waals surface area (Å²) in [7, 11) is -4.45. The van der Waals surface area contributed by atoms with Crippen molar-refractivity contribution in [2.24, 2.45) is 0 Å². The standard InChI is InChI=1S/C22H13BrIN3O6S/c23-16-4-9-21(33-34(31,32)20-3-1-2-19(12-20)27(29)30)14(11-16)10-15(13-25)22(28)26-18-7-5-17(24)6-8-18/h1-12H,(H,26,28)/b15-10-. The summed E-state index contributed by atoms with van der Waals surface area (Å²) >= 11 is 5.38. The molecule has 0 radical (unpaired) electrons. The number of halogens is 2. The van der Waals surface area contributed by atoms with Crippen molar-refractivity contribution in [2.45, 2.75) is 4.90 Å². The second kappa shape index (κ2) is 10.8. The number of nitriles is 1. The maximum absolute atomic E-state index is 12.7. The Bertz CT molecular complexity index is 1450. The van der Waals surface area contributed by atoms with Gasteiger partial charge in [-0.2, -0.15) is 13.7 Å². The summed E-state index contributed by atoms with van der Waals surface area (Å²) in [6, 6.07) is 17.4. The fourth-order valence-corrected chi connectivity index (χ4v) is 4.40. The summed E-state index contributed by atoms with van der Waals surface area (Å²) in [6.45, 7) is 0. The van der Waals surface area contributed by atoms with Crippen LogP contribution < -0.4 is 9.50 Å². The van der Waals surface area contributed by atoms with Crippen molar-refractivity contribution in [1.82, 2.24) is 0 Å². The van der Waals surface area contributed by atoms with Gasteiger partial charge in [0.2, 0.25) is 0 Å². The van der Waals surface area contributed by atoms with Crippen molar-refractivity contribution in [1.29, 1.82) is 5.26 Å². The van der Waals surface area contributed by atoms with Crippen molar-refractivity contribution in [2.75, 3.05) is 5.32 Å². The van der Waals surface area contributed by atoms with Crippen LogP contribution in [0.4, 0.5) is 11.4 Å². The van der Waals surface area contributed by atoms with E-state index in [1.54, 1.807) is 30.3 Å². The summed E-state index contributed by atoms with van der Waals surface area (Å²) in [5.41, 5.74) is -0.114. The minimum absolute atomic E-state index is 0.123. The molecule has 0 aromatic heterocycles. The second-order valence-electron chi connectivity index (χ2n) is 6.60. The molecule has 0 unspecified atom stereocenters. The predicted octanol–water partition coefficient (Wildman–Crippen LogP) is 5.28. The summed E-state index contributed by atoms with van der Waals surface area (Å²) < 4.78 is 32.2. The monoisotopic (exact) mass is 653 g/mol. The van der Waals surface area contributed by atoms with Crippen LogP contribution in [-0.2, 0) is 14.9 Å². The first-order chi connectivity index (χ1) is 16.1. The zero-order chi connectivity index (χ0) is 24.9. The molecule has 9 nitrogen and oxygen atoms in total. The van der Waals surface area contributed by atoms with Gasteiger partial charge in [0.05, 0.1) is 4.92 Å². The van der Waals surface area contributed by atoms with Gasteiger partial charge in [-0.15, -0.1) is 0 Å². The largest absolute Gasteiger partial charge is 0.378 e. The molecule has 0 aliphatic heterocycles. The second-order valence-corrected chi connectivity index (χ2v) is 10.3. The molecule has 3 aromatic carbocycles. The number of rotatable bonds is 7. The van der Waals surface area contributed by atoms with E-state index < -0.39 is 31.5 Å². The minimum atomic E-state index is -4.45. The number of carbonyl (C=O) groups is 1. The SMILES string of the molecule is N#C/C(=C/c1cc(Br)ccc1OS(=O)(=O)c1cccc([N+](=O)[O-])c1)C(=O)Nc1ccc(I)cc1. The van der Waals surface area contributed by atoms with Crippen LogP contribution >= 0.6 is 38.5 Å². The number of nitrogens with zero attached hydrogens (tertiary/aromatic N) is 2. The summed E-state index contributed by atoms with van der Waals surface area (Å²) in [6.07, 6.45) is 1.19. The summed E-state index contributed by atoms with van der Waals surface area (Å²) in [5.74, 6) is -0.874. The number of carbonyl (C=O) groups excluding carboxylic acids is 1. The molecule has 12 heteroatoms. The van der Waals surface area contributed by atoms with Crippen LogP contribution in [0, 0.1) is 25.0 Å². The number of benzene rings is 3. The predicted molar refractivity (Wildman–Crippen MR) is 136 cm³/mol. The zero-order valence-electron chi connectivity index (χ0n) is 16.9. The van der Waals surface area contributed by atoms with Gasteiger partial charge < -0.3 is 9.50 Å². The van der Waals surface area contributed by atoms with E-state index in [0.29, 0.717) is 10.2 Å². The molecular weight excluding hydrogens is 641 g/mol. The van der Waals surface area contributed by atoms with Gasteiger partial charge in [-0.05, 0) is 77.2 Å². The first-order valence-electron chi connectivity index (χ1n) is 9.26. The van der Waals surface area contributed by atoms with Gasteiger partial charge in [-0.3, -0.25) is 14.9 Å². The third kappa shape index (κ3) is 6.40. The fraction of sp³-hybridized carbons (Fsp3) is 0. The lowest BCUT2D eigenvalue weighted by atomic mass is 10.1. The molecule has 0 heterocycles. The molecule has 34 heavy (non-hydrogen) atoms. The van der Waals surface area contributed by atoms with E-state index in [2.05, 4.69) is 43.8 Å². The van der Waals surface area contributed by atoms with Crippen molar-refractivity contribution >= 4 is 72.0 Å². The van der Waals surface area contributed by atoms with Gasteiger partial charge in [0.25, 0.3) is 11.6 Å². The van der Waals surface area contributed by atoms with E-state index in [1.807, 2.05) is 0 Å². The van der Waals surface area contributed by atoms with Crippen molar-refractivity contribution < 1.29 is 22.3 Å². The number of non-ortho nitro benzene ring substituents is 1. The van der Waals surface area contributed by atoms with E-state index in [-0.39, 0.29) is 16.9 Å². The number of amides is 1. The van der Waals surface area contributed by atoms with E-state index >= 15 is 0 Å². The molecule has 0 aliphatic carbocycles. The Hall–Kier alpha value is -3.28. The summed E-state index contributed by atoms with van der Waals surface area (Å²) in [5, 5.41) is 23.1. The highest BCUT2D eigenvalue weighted by Gasteiger charge is 2.22. The van der Waals surface area contributed by atoms with E-state index in [1.165, 1.54) is 30.3 Å². The van der Waals surface area contributed by atoms with Crippen LogP contribution in [0.2, 0.25) is 0 Å². The van der Waals surface area contributed by atoms with Crippen LogP contribution in [0.5, 0.6) is 5.75 Å². The van der Waals surface area contributed by atoms with Gasteiger partial charge >= 0.3 is 10.1 Å². The van der Waals surface area contributed by atoms with Crippen molar-refractivity contribution in [3.8, 4) is 11.8 Å². The molecule has 0 atom stereocenters. The molecule has 0 bridgehead atoms. The smallest absolute Gasteiger partial charge is 0.339 e. The molecule has 0 saturated carbocycles. The molecule has 1 N–H and O–H groups in total. The Morgan fingerprint density at radius 1 is 1.15 bits per heavy atom. The molecule has 3 rings (SSSR count). The highest BCUT2D eigenvalue weighted by atomic mass is 127. The van der Waals surface area contributed by atoms with Gasteiger partial charge in [0, 0.05) is 31.4 Å². The minimum Gasteiger partial charge on any atom is -0.378 e. The first-order valence-corrected chi connectivity index (χ1v) is 12.5. The van der Waals surface area contributed by atoms with E-state index in [0.717, 1.165) is 21.8 Å². The van der Waals surface area contributed by atoms with Crippen LogP contribution in [0.1, 0.15) is 5.56 Å².